The summed E-state index contributed by atoms with van der Waals surface area (Å²) in [7, 11) is 0. The first kappa shape index (κ1) is 28.3. The Bertz CT molecular complexity index is 887. The van der Waals surface area contributed by atoms with Gasteiger partial charge in [0.25, 0.3) is 0 Å². The summed E-state index contributed by atoms with van der Waals surface area (Å²) in [5, 5.41) is 44.4. The summed E-state index contributed by atoms with van der Waals surface area (Å²) in [6.07, 6.45) is -2.44. The van der Waals surface area contributed by atoms with Crippen molar-refractivity contribution >= 4 is 29.7 Å². The van der Waals surface area contributed by atoms with Gasteiger partial charge < -0.3 is 42.1 Å². The van der Waals surface area contributed by atoms with Crippen LogP contribution in [0, 0.1) is 0 Å². The van der Waals surface area contributed by atoms with Gasteiger partial charge in [-0.2, -0.15) is 0 Å². The van der Waals surface area contributed by atoms with Crippen LogP contribution in [0.5, 0.6) is 5.75 Å². The van der Waals surface area contributed by atoms with Crippen molar-refractivity contribution in [3.63, 3.8) is 0 Å². The third-order valence-electron chi connectivity index (χ3n) is 4.75. The maximum Gasteiger partial charge on any atom is 0.326 e. The number of carboxylic acid groups (broad SMARTS) is 2. The van der Waals surface area contributed by atoms with Gasteiger partial charge in [-0.1, -0.05) is 12.1 Å². The largest absolute Gasteiger partial charge is 0.508 e. The second-order valence-corrected chi connectivity index (χ2v) is 7.78. The van der Waals surface area contributed by atoms with Crippen LogP contribution in [0.2, 0.25) is 0 Å². The van der Waals surface area contributed by atoms with E-state index >= 15 is 0 Å². The first-order valence-corrected chi connectivity index (χ1v) is 10.4. The molecule has 5 atom stereocenters. The number of aliphatic hydroxyl groups is 1. The Labute approximate surface area is 195 Å². The molecular weight excluding hydrogens is 452 g/mol. The minimum absolute atomic E-state index is 0.0279. The van der Waals surface area contributed by atoms with Gasteiger partial charge in [0.05, 0.1) is 12.1 Å². The Morgan fingerprint density at radius 1 is 0.882 bits per heavy atom. The summed E-state index contributed by atoms with van der Waals surface area (Å²) in [6.45, 7) is 2.58. The van der Waals surface area contributed by atoms with Crippen LogP contribution in [0.4, 0.5) is 0 Å². The second-order valence-electron chi connectivity index (χ2n) is 7.78. The topological polar surface area (TPSA) is 228 Å². The highest BCUT2D eigenvalue weighted by Gasteiger charge is 2.32. The van der Waals surface area contributed by atoms with Crippen molar-refractivity contribution in [2.45, 2.75) is 63.4 Å². The van der Waals surface area contributed by atoms with Crippen LogP contribution in [0.25, 0.3) is 0 Å². The van der Waals surface area contributed by atoms with E-state index in [4.69, 9.17) is 10.8 Å². The molecule has 0 saturated carbocycles. The number of hydrogen-bond donors (Lipinski definition) is 8. The molecule has 0 aliphatic rings. The monoisotopic (exact) mass is 482 g/mol. The standard InChI is InChI=1S/C21H30N4O9/c1-10(22)18(30)25-17(11(2)26)20(32)23-14(7-8-16(28)29)19(31)24-15(21(33)34)9-12-3-5-13(27)6-4-12/h3-6,10-11,14-15,17,26-27H,7-9,22H2,1-2H3,(H,23,32)(H,24,31)(H,25,30)(H,28,29)(H,33,34). The molecule has 0 saturated heterocycles. The molecule has 0 bridgehead atoms. The van der Waals surface area contributed by atoms with Crippen molar-refractivity contribution in [1.82, 2.24) is 16.0 Å². The van der Waals surface area contributed by atoms with Crippen LogP contribution in [-0.2, 0) is 30.4 Å². The van der Waals surface area contributed by atoms with Crippen molar-refractivity contribution in [3.8, 4) is 5.75 Å². The van der Waals surface area contributed by atoms with E-state index in [1.54, 1.807) is 0 Å². The van der Waals surface area contributed by atoms with Crippen molar-refractivity contribution in [2.24, 2.45) is 5.73 Å². The third kappa shape index (κ3) is 9.42. The number of aliphatic hydroxyl groups excluding tert-OH is 1. The molecule has 34 heavy (non-hydrogen) atoms. The van der Waals surface area contributed by atoms with E-state index in [-0.39, 0.29) is 18.6 Å². The third-order valence-corrected chi connectivity index (χ3v) is 4.75. The highest BCUT2D eigenvalue weighted by Crippen LogP contribution is 2.12. The minimum Gasteiger partial charge on any atom is -0.508 e. The fourth-order valence-corrected chi connectivity index (χ4v) is 2.83. The lowest BCUT2D eigenvalue weighted by Crippen LogP contribution is -2.59. The number of carboxylic acids is 2. The van der Waals surface area contributed by atoms with Gasteiger partial charge in [0.1, 0.15) is 23.9 Å². The molecule has 0 heterocycles. The Morgan fingerprint density at radius 2 is 1.44 bits per heavy atom. The molecule has 0 radical (unpaired) electrons. The molecule has 0 aliphatic carbocycles. The summed E-state index contributed by atoms with van der Waals surface area (Å²) >= 11 is 0. The van der Waals surface area contributed by atoms with E-state index in [0.717, 1.165) is 0 Å². The lowest BCUT2D eigenvalue weighted by Gasteiger charge is -2.26. The normalized spacial score (nSPS) is 15.2. The fourth-order valence-electron chi connectivity index (χ4n) is 2.83. The highest BCUT2D eigenvalue weighted by atomic mass is 16.4. The van der Waals surface area contributed by atoms with Gasteiger partial charge in [-0.05, 0) is 38.0 Å². The van der Waals surface area contributed by atoms with Gasteiger partial charge in [-0.25, -0.2) is 4.79 Å². The van der Waals surface area contributed by atoms with E-state index < -0.39 is 66.4 Å². The minimum atomic E-state index is -1.49. The SMILES string of the molecule is CC(N)C(=O)NC(C(=O)NC(CCC(=O)O)C(=O)NC(Cc1ccc(O)cc1)C(=O)O)C(C)O. The molecule has 1 aromatic carbocycles. The number of carbonyl (C=O) groups excluding carboxylic acids is 3. The number of benzene rings is 1. The first-order valence-electron chi connectivity index (χ1n) is 10.4. The van der Waals surface area contributed by atoms with Gasteiger partial charge >= 0.3 is 11.9 Å². The number of hydrogen-bond acceptors (Lipinski definition) is 8. The van der Waals surface area contributed by atoms with Crippen LogP contribution < -0.4 is 21.7 Å². The number of aromatic hydroxyl groups is 1. The number of nitrogens with two attached hydrogens (primary N) is 1. The molecule has 0 spiro atoms. The summed E-state index contributed by atoms with van der Waals surface area (Å²) < 4.78 is 0. The maximum absolute atomic E-state index is 12.8. The van der Waals surface area contributed by atoms with Gasteiger partial charge in [0.2, 0.25) is 17.7 Å². The lowest BCUT2D eigenvalue weighted by molar-refractivity contribution is -0.143. The van der Waals surface area contributed by atoms with E-state index in [0.29, 0.717) is 5.56 Å². The number of phenols is 1. The quantitative estimate of drug-likeness (QED) is 0.155. The average molecular weight is 482 g/mol. The lowest BCUT2D eigenvalue weighted by atomic mass is 10.0. The molecule has 5 unspecified atom stereocenters. The summed E-state index contributed by atoms with van der Waals surface area (Å²) in [6, 6.07) is 0.245. The zero-order chi connectivity index (χ0) is 26.0. The molecule has 188 valence electrons. The fraction of sp³-hybridized carbons (Fsp3) is 0.476. The molecule has 9 N–H and O–H groups in total. The summed E-state index contributed by atoms with van der Waals surface area (Å²) in [5.41, 5.74) is 5.94. The maximum atomic E-state index is 12.8. The number of aliphatic carboxylic acids is 2. The average Bonchev–Trinajstić information content (AvgIpc) is 2.74. The van der Waals surface area contributed by atoms with Crippen LogP contribution in [0.15, 0.2) is 24.3 Å². The Balaban J connectivity index is 3.01. The zero-order valence-electron chi connectivity index (χ0n) is 18.7. The summed E-state index contributed by atoms with van der Waals surface area (Å²) in [5.74, 6) is -5.37. The molecule has 1 rings (SSSR count). The summed E-state index contributed by atoms with van der Waals surface area (Å²) in [4.78, 5) is 59.9. The van der Waals surface area contributed by atoms with E-state index in [1.807, 2.05) is 0 Å². The molecule has 3 amide bonds. The number of rotatable bonds is 13. The van der Waals surface area contributed by atoms with Gasteiger partial charge in [0.15, 0.2) is 0 Å². The predicted octanol–water partition coefficient (Wildman–Crippen LogP) is -1.93. The zero-order valence-corrected chi connectivity index (χ0v) is 18.7. The van der Waals surface area contributed by atoms with Gasteiger partial charge in [-0.3, -0.25) is 19.2 Å². The first-order chi connectivity index (χ1) is 15.8. The van der Waals surface area contributed by atoms with Crippen LogP contribution in [0.3, 0.4) is 0 Å². The van der Waals surface area contributed by atoms with Crippen molar-refractivity contribution in [3.05, 3.63) is 29.8 Å². The van der Waals surface area contributed by atoms with Crippen molar-refractivity contribution in [2.75, 3.05) is 0 Å². The van der Waals surface area contributed by atoms with Crippen molar-refractivity contribution in [1.29, 1.82) is 0 Å². The Hall–Kier alpha value is -3.71. The number of phenolic OH excluding ortho intramolecular Hbond substituents is 1. The van der Waals surface area contributed by atoms with Crippen LogP contribution in [-0.4, -0.2) is 80.4 Å². The van der Waals surface area contributed by atoms with Gasteiger partial charge in [0, 0.05) is 12.8 Å². The molecule has 0 aromatic heterocycles. The number of nitrogens with one attached hydrogen (secondary N) is 3. The van der Waals surface area contributed by atoms with E-state index in [2.05, 4.69) is 16.0 Å². The van der Waals surface area contributed by atoms with E-state index in [1.165, 1.54) is 38.1 Å². The van der Waals surface area contributed by atoms with E-state index in [9.17, 15) is 39.3 Å². The Kier molecular flexibility index (Phi) is 10.9. The smallest absolute Gasteiger partial charge is 0.326 e. The van der Waals surface area contributed by atoms with Crippen molar-refractivity contribution < 1.29 is 44.4 Å². The molecule has 1 aromatic rings. The predicted molar refractivity (Wildman–Crippen MR) is 117 cm³/mol. The highest BCUT2D eigenvalue weighted by molar-refractivity contribution is 5.94. The van der Waals surface area contributed by atoms with Gasteiger partial charge in [-0.15, -0.1) is 0 Å². The van der Waals surface area contributed by atoms with Crippen LogP contribution >= 0.6 is 0 Å². The molecular formula is C21H30N4O9. The van der Waals surface area contributed by atoms with Crippen LogP contribution in [0.1, 0.15) is 32.3 Å². The molecule has 0 fully saturated rings. The molecule has 0 aliphatic heterocycles. The molecule has 13 heteroatoms. The molecule has 13 nitrogen and oxygen atoms in total. The Morgan fingerprint density at radius 3 is 1.91 bits per heavy atom. The second kappa shape index (κ2) is 13.1. The number of carbonyl (C=O) groups is 5. The number of amides is 3.